The fourth-order valence-electron chi connectivity index (χ4n) is 5.08. The number of likely N-dealkylation sites (tertiary alicyclic amines) is 1. The highest BCUT2D eigenvalue weighted by atomic mass is 16.5. The molecule has 7 heteroatoms. The van der Waals surface area contributed by atoms with Crippen LogP contribution < -0.4 is 0 Å². The Morgan fingerprint density at radius 3 is 2.75 bits per heavy atom. The molecule has 32 heavy (non-hydrogen) atoms. The van der Waals surface area contributed by atoms with Gasteiger partial charge in [0.1, 0.15) is 0 Å². The van der Waals surface area contributed by atoms with Gasteiger partial charge >= 0.3 is 0 Å². The number of nitrogens with zero attached hydrogens (tertiary/aromatic N) is 3. The molecule has 2 amide bonds. The zero-order chi connectivity index (χ0) is 21.9. The molecule has 1 aromatic carbocycles. The van der Waals surface area contributed by atoms with E-state index in [9.17, 15) is 9.59 Å². The van der Waals surface area contributed by atoms with Crippen LogP contribution in [0.1, 0.15) is 42.5 Å². The Balaban J connectivity index is 1.23. The van der Waals surface area contributed by atoms with E-state index in [2.05, 4.69) is 14.8 Å². The SMILES string of the molecule is O=C(c1ccc2cc[nH]c2c1)N1CCCC(N(CCCN2CCOCC2)C(=O)C2CC2)C1. The van der Waals surface area contributed by atoms with Crippen LogP contribution >= 0.6 is 0 Å². The number of carbonyl (C=O) groups excluding carboxylic acids is 2. The van der Waals surface area contributed by atoms with Crippen LogP contribution in [0.25, 0.3) is 10.9 Å². The molecule has 3 heterocycles. The highest BCUT2D eigenvalue weighted by Gasteiger charge is 2.38. The molecule has 2 aliphatic heterocycles. The van der Waals surface area contributed by atoms with E-state index in [1.807, 2.05) is 35.4 Å². The van der Waals surface area contributed by atoms with Gasteiger partial charge in [-0.2, -0.15) is 0 Å². The first-order valence-corrected chi connectivity index (χ1v) is 12.2. The van der Waals surface area contributed by atoms with Gasteiger partial charge in [-0.25, -0.2) is 0 Å². The number of aromatic nitrogens is 1. The fraction of sp³-hybridized carbons (Fsp3) is 0.600. The first-order valence-electron chi connectivity index (χ1n) is 12.2. The topological polar surface area (TPSA) is 68.9 Å². The van der Waals surface area contributed by atoms with Crippen LogP contribution in [0, 0.1) is 5.92 Å². The first kappa shape index (κ1) is 21.5. The maximum atomic E-state index is 13.3. The van der Waals surface area contributed by atoms with Gasteiger partial charge in [-0.3, -0.25) is 14.5 Å². The van der Waals surface area contributed by atoms with E-state index < -0.39 is 0 Å². The molecule has 0 spiro atoms. The van der Waals surface area contributed by atoms with Crippen molar-refractivity contribution in [3.8, 4) is 0 Å². The highest BCUT2D eigenvalue weighted by molar-refractivity contribution is 5.98. The third kappa shape index (κ3) is 4.84. The number of benzene rings is 1. The molecule has 1 atom stereocenters. The second-order valence-electron chi connectivity index (χ2n) is 9.44. The molecule has 1 unspecified atom stereocenters. The summed E-state index contributed by atoms with van der Waals surface area (Å²) >= 11 is 0. The molecule has 3 aliphatic rings. The Hall–Kier alpha value is -2.38. The lowest BCUT2D eigenvalue weighted by atomic mass is 10.0. The minimum Gasteiger partial charge on any atom is -0.379 e. The molecule has 3 fully saturated rings. The summed E-state index contributed by atoms with van der Waals surface area (Å²) < 4.78 is 5.44. The van der Waals surface area contributed by atoms with Crippen LogP contribution in [0.3, 0.4) is 0 Å². The molecule has 0 radical (unpaired) electrons. The number of fused-ring (bicyclic) bond motifs is 1. The maximum absolute atomic E-state index is 13.3. The lowest BCUT2D eigenvalue weighted by Gasteiger charge is -2.40. The molecule has 7 nitrogen and oxygen atoms in total. The average molecular weight is 439 g/mol. The maximum Gasteiger partial charge on any atom is 0.254 e. The van der Waals surface area contributed by atoms with Gasteiger partial charge in [-0.15, -0.1) is 0 Å². The van der Waals surface area contributed by atoms with Crippen LogP contribution in [-0.2, 0) is 9.53 Å². The molecule has 1 aliphatic carbocycles. The van der Waals surface area contributed by atoms with Gasteiger partial charge in [0.25, 0.3) is 5.91 Å². The molecule has 1 aromatic heterocycles. The van der Waals surface area contributed by atoms with Crippen LogP contribution in [0.15, 0.2) is 30.5 Å². The van der Waals surface area contributed by atoms with E-state index in [4.69, 9.17) is 4.74 Å². The number of morpholine rings is 1. The van der Waals surface area contributed by atoms with Crippen molar-refractivity contribution in [3.05, 3.63) is 36.0 Å². The van der Waals surface area contributed by atoms with Gasteiger partial charge < -0.3 is 19.5 Å². The number of piperidine rings is 1. The molecule has 2 saturated heterocycles. The molecule has 0 bridgehead atoms. The monoisotopic (exact) mass is 438 g/mol. The van der Waals surface area contributed by atoms with Crippen LogP contribution in [0.5, 0.6) is 0 Å². The summed E-state index contributed by atoms with van der Waals surface area (Å²) in [5, 5.41) is 1.11. The van der Waals surface area contributed by atoms with Crippen molar-refractivity contribution in [1.29, 1.82) is 0 Å². The number of H-pyrrole nitrogens is 1. The Bertz CT molecular complexity index is 948. The number of hydrogen-bond donors (Lipinski definition) is 1. The summed E-state index contributed by atoms with van der Waals surface area (Å²) in [7, 11) is 0. The van der Waals surface area contributed by atoms with Crippen LogP contribution in [0.2, 0.25) is 0 Å². The van der Waals surface area contributed by atoms with Crippen molar-refractivity contribution >= 4 is 22.7 Å². The van der Waals surface area contributed by atoms with Crippen molar-refractivity contribution in [1.82, 2.24) is 19.7 Å². The second kappa shape index (κ2) is 9.63. The van der Waals surface area contributed by atoms with E-state index in [1.54, 1.807) is 0 Å². The smallest absolute Gasteiger partial charge is 0.254 e. The zero-order valence-electron chi connectivity index (χ0n) is 18.8. The quantitative estimate of drug-likeness (QED) is 0.722. The minimum atomic E-state index is 0.0679. The zero-order valence-corrected chi connectivity index (χ0v) is 18.8. The van der Waals surface area contributed by atoms with Crippen molar-refractivity contribution in [3.63, 3.8) is 0 Å². The summed E-state index contributed by atoms with van der Waals surface area (Å²) in [6.45, 7) is 6.75. The van der Waals surface area contributed by atoms with Crippen molar-refractivity contribution < 1.29 is 14.3 Å². The largest absolute Gasteiger partial charge is 0.379 e. The van der Waals surface area contributed by atoms with E-state index in [-0.39, 0.29) is 17.9 Å². The lowest BCUT2D eigenvalue weighted by molar-refractivity contribution is -0.136. The van der Waals surface area contributed by atoms with E-state index >= 15 is 0 Å². The third-order valence-corrected chi connectivity index (χ3v) is 7.11. The highest BCUT2D eigenvalue weighted by Crippen LogP contribution is 2.33. The molecular weight excluding hydrogens is 404 g/mol. The molecule has 172 valence electrons. The number of ether oxygens (including phenoxy) is 1. The molecule has 1 N–H and O–H groups in total. The van der Waals surface area contributed by atoms with Crippen LogP contribution in [-0.4, -0.2) is 90.0 Å². The van der Waals surface area contributed by atoms with Gasteiger partial charge in [0.05, 0.1) is 13.2 Å². The fourth-order valence-corrected chi connectivity index (χ4v) is 5.08. The Kier molecular flexibility index (Phi) is 6.46. The third-order valence-electron chi connectivity index (χ3n) is 7.11. The molecule has 5 rings (SSSR count). The lowest BCUT2D eigenvalue weighted by Crippen LogP contribution is -2.52. The van der Waals surface area contributed by atoms with Gasteiger partial charge in [0.15, 0.2) is 0 Å². The number of amides is 2. The molecule has 2 aromatic rings. The Morgan fingerprint density at radius 2 is 1.94 bits per heavy atom. The summed E-state index contributed by atoms with van der Waals surface area (Å²) in [4.78, 5) is 36.1. The molecule has 1 saturated carbocycles. The summed E-state index contributed by atoms with van der Waals surface area (Å²) in [5.41, 5.74) is 1.70. The molecular formula is C25H34N4O3. The van der Waals surface area contributed by atoms with Crippen molar-refractivity contribution in [2.45, 2.75) is 38.1 Å². The summed E-state index contributed by atoms with van der Waals surface area (Å²) in [6, 6.07) is 7.99. The van der Waals surface area contributed by atoms with Crippen molar-refractivity contribution in [2.75, 3.05) is 52.5 Å². The minimum absolute atomic E-state index is 0.0679. The average Bonchev–Trinajstić information content (AvgIpc) is 3.59. The first-order chi connectivity index (χ1) is 15.7. The van der Waals surface area contributed by atoms with E-state index in [1.165, 1.54) is 0 Å². The standard InChI is InChI=1S/C25H34N4O3/c30-24(21-7-4-19-8-9-26-23(19)17-21)28-11-1-3-22(18-28)29(25(31)20-5-6-20)12-2-10-27-13-15-32-16-14-27/h4,7-9,17,20,22,26H,1-3,5-6,10-16,18H2. The number of nitrogens with one attached hydrogen (secondary N) is 1. The number of aromatic amines is 1. The Labute approximate surface area is 189 Å². The second-order valence-corrected chi connectivity index (χ2v) is 9.44. The normalized spacial score (nSPS) is 22.2. The van der Waals surface area contributed by atoms with E-state index in [0.29, 0.717) is 18.0 Å². The van der Waals surface area contributed by atoms with Crippen LogP contribution in [0.4, 0.5) is 0 Å². The predicted molar refractivity (Wildman–Crippen MR) is 124 cm³/mol. The van der Waals surface area contributed by atoms with Gasteiger partial charge in [0, 0.05) is 68.5 Å². The summed E-state index contributed by atoms with van der Waals surface area (Å²) in [5.74, 6) is 0.581. The van der Waals surface area contributed by atoms with Crippen molar-refractivity contribution in [2.24, 2.45) is 5.92 Å². The van der Waals surface area contributed by atoms with E-state index in [0.717, 1.165) is 88.9 Å². The van der Waals surface area contributed by atoms with Gasteiger partial charge in [-0.05, 0) is 55.7 Å². The predicted octanol–water partition coefficient (Wildman–Crippen LogP) is 2.73. The van der Waals surface area contributed by atoms with Gasteiger partial charge in [-0.1, -0.05) is 6.07 Å². The number of hydrogen-bond acceptors (Lipinski definition) is 4. The number of carbonyl (C=O) groups is 2. The number of rotatable bonds is 7. The van der Waals surface area contributed by atoms with Gasteiger partial charge in [0.2, 0.25) is 5.91 Å². The summed E-state index contributed by atoms with van der Waals surface area (Å²) in [6.07, 6.45) is 6.84. The Morgan fingerprint density at radius 1 is 1.09 bits per heavy atom.